The molecule has 0 radical (unpaired) electrons. The van der Waals surface area contributed by atoms with Crippen molar-refractivity contribution in [3.8, 4) is 11.5 Å². The van der Waals surface area contributed by atoms with Gasteiger partial charge in [-0.25, -0.2) is 0 Å². The summed E-state index contributed by atoms with van der Waals surface area (Å²) in [5.41, 5.74) is 4.31. The third-order valence-electron chi connectivity index (χ3n) is 4.23. The molecule has 0 bridgehead atoms. The highest BCUT2D eigenvalue weighted by atomic mass is 16.7. The Morgan fingerprint density at radius 2 is 2.04 bits per heavy atom. The van der Waals surface area contributed by atoms with Crippen molar-refractivity contribution >= 4 is 28.2 Å². The number of ether oxygens (including phenoxy) is 2. The number of anilines is 1. The molecular formula is C20H19N3O4. The summed E-state index contributed by atoms with van der Waals surface area (Å²) in [6.45, 7) is 3.84. The summed E-state index contributed by atoms with van der Waals surface area (Å²) in [5, 5.41) is 7.86. The van der Waals surface area contributed by atoms with Gasteiger partial charge in [-0.1, -0.05) is 5.16 Å². The van der Waals surface area contributed by atoms with Crippen molar-refractivity contribution in [1.29, 1.82) is 0 Å². The molecule has 0 unspecified atom stereocenters. The van der Waals surface area contributed by atoms with Crippen LogP contribution in [0.3, 0.4) is 0 Å². The molecule has 0 saturated carbocycles. The number of carbonyl (C=O) groups is 1. The van der Waals surface area contributed by atoms with Crippen molar-refractivity contribution in [2.75, 3.05) is 18.7 Å². The molecule has 2 N–H and O–H groups in total. The number of hydrogen-bond donors (Lipinski definition) is 2. The van der Waals surface area contributed by atoms with Gasteiger partial charge in [0, 0.05) is 27.8 Å². The van der Waals surface area contributed by atoms with E-state index in [1.54, 1.807) is 6.92 Å². The molecule has 1 aromatic heterocycles. The minimum absolute atomic E-state index is 0.175. The van der Waals surface area contributed by atoms with E-state index in [2.05, 4.69) is 15.5 Å². The largest absolute Gasteiger partial charge is 0.454 e. The molecule has 27 heavy (non-hydrogen) atoms. The number of hydrogen-bond acceptors (Lipinski definition) is 5. The van der Waals surface area contributed by atoms with Crippen molar-refractivity contribution in [3.63, 3.8) is 0 Å². The Morgan fingerprint density at radius 1 is 1.19 bits per heavy atom. The van der Waals surface area contributed by atoms with E-state index < -0.39 is 0 Å². The van der Waals surface area contributed by atoms with Gasteiger partial charge in [-0.3, -0.25) is 4.79 Å². The first kappa shape index (κ1) is 17.0. The summed E-state index contributed by atoms with van der Waals surface area (Å²) in [7, 11) is 0. The third-order valence-corrected chi connectivity index (χ3v) is 4.23. The van der Waals surface area contributed by atoms with Gasteiger partial charge in [-0.05, 0) is 56.3 Å². The van der Waals surface area contributed by atoms with Crippen molar-refractivity contribution < 1.29 is 19.1 Å². The van der Waals surface area contributed by atoms with E-state index in [4.69, 9.17) is 14.3 Å². The molecule has 1 aliphatic heterocycles. The van der Waals surface area contributed by atoms with Crippen LogP contribution in [0.25, 0.3) is 10.9 Å². The smallest absolute Gasteiger partial charge is 0.265 e. The fourth-order valence-corrected chi connectivity index (χ4v) is 2.91. The highest BCUT2D eigenvalue weighted by Gasteiger charge is 2.14. The van der Waals surface area contributed by atoms with Gasteiger partial charge in [0.1, 0.15) is 0 Å². The number of aryl methyl sites for hydroxylation is 1. The van der Waals surface area contributed by atoms with Gasteiger partial charge >= 0.3 is 0 Å². The summed E-state index contributed by atoms with van der Waals surface area (Å²) in [6.07, 6.45) is 0. The quantitative estimate of drug-likeness (QED) is 0.535. The van der Waals surface area contributed by atoms with Crippen LogP contribution in [0.1, 0.15) is 18.2 Å². The maximum Gasteiger partial charge on any atom is 0.265 e. The molecule has 0 aliphatic carbocycles. The van der Waals surface area contributed by atoms with E-state index in [9.17, 15) is 4.79 Å². The molecule has 0 saturated heterocycles. The second kappa shape index (κ2) is 7.03. The zero-order chi connectivity index (χ0) is 18.8. The van der Waals surface area contributed by atoms with Gasteiger partial charge in [-0.15, -0.1) is 0 Å². The predicted octanol–water partition coefficient (Wildman–Crippen LogP) is 3.58. The fraction of sp³-hybridized carbons (Fsp3) is 0.200. The monoisotopic (exact) mass is 365 g/mol. The lowest BCUT2D eigenvalue weighted by Gasteiger charge is -2.06. The summed E-state index contributed by atoms with van der Waals surface area (Å²) in [6, 6.07) is 13.2. The Balaban J connectivity index is 1.34. The average molecular weight is 365 g/mol. The molecule has 7 nitrogen and oxygen atoms in total. The van der Waals surface area contributed by atoms with Gasteiger partial charge in [0.15, 0.2) is 18.1 Å². The summed E-state index contributed by atoms with van der Waals surface area (Å²) < 4.78 is 10.6. The number of nitrogens with zero attached hydrogens (tertiary/aromatic N) is 1. The van der Waals surface area contributed by atoms with Crippen molar-refractivity contribution in [3.05, 3.63) is 53.7 Å². The number of oxime groups is 1. The lowest BCUT2D eigenvalue weighted by atomic mass is 10.1. The predicted molar refractivity (Wildman–Crippen MR) is 102 cm³/mol. The first-order chi connectivity index (χ1) is 13.1. The molecular weight excluding hydrogens is 346 g/mol. The van der Waals surface area contributed by atoms with Crippen LogP contribution in [-0.4, -0.2) is 30.0 Å². The highest BCUT2D eigenvalue weighted by Crippen LogP contribution is 2.32. The fourth-order valence-electron chi connectivity index (χ4n) is 2.91. The zero-order valence-corrected chi connectivity index (χ0v) is 15.0. The molecule has 1 amide bonds. The minimum atomic E-state index is -0.274. The minimum Gasteiger partial charge on any atom is -0.454 e. The van der Waals surface area contributed by atoms with Gasteiger partial charge in [-0.2, -0.15) is 0 Å². The number of nitrogens with one attached hydrogen (secondary N) is 2. The van der Waals surface area contributed by atoms with E-state index in [0.29, 0.717) is 22.9 Å². The lowest BCUT2D eigenvalue weighted by molar-refractivity contribution is -0.120. The molecule has 2 aromatic carbocycles. The molecule has 7 heteroatoms. The molecule has 2 heterocycles. The van der Waals surface area contributed by atoms with Crippen molar-refractivity contribution in [2.24, 2.45) is 5.16 Å². The summed E-state index contributed by atoms with van der Waals surface area (Å²) in [4.78, 5) is 20.5. The number of aromatic amines is 1. The number of benzene rings is 2. The number of aromatic nitrogens is 1. The number of H-pyrrole nitrogens is 1. The normalized spacial score (nSPS) is 13.0. The second-order valence-corrected chi connectivity index (χ2v) is 6.32. The molecule has 4 rings (SSSR count). The molecule has 1 aliphatic rings. The molecule has 3 aromatic rings. The Kier molecular flexibility index (Phi) is 4.42. The SMILES string of the molecule is C/C(=N\OCC(=O)Nc1ccc2[nH]c(C)cc2c1)c1ccc2c(c1)OCO2. The number of amides is 1. The molecule has 0 spiro atoms. The number of rotatable bonds is 5. The van der Waals surface area contributed by atoms with Crippen LogP contribution in [0.5, 0.6) is 11.5 Å². The highest BCUT2D eigenvalue weighted by molar-refractivity contribution is 5.99. The Bertz CT molecular complexity index is 1040. The third kappa shape index (κ3) is 3.72. The summed E-state index contributed by atoms with van der Waals surface area (Å²) in [5.74, 6) is 1.11. The van der Waals surface area contributed by atoms with E-state index in [0.717, 1.165) is 22.2 Å². The standard InChI is InChI=1S/C20H19N3O4/c1-12-7-15-8-16(4-5-17(15)21-12)22-20(24)10-27-23-13(2)14-3-6-18-19(9-14)26-11-25-18/h3-9,21H,10-11H2,1-2H3,(H,22,24)/b23-13+. The Morgan fingerprint density at radius 3 is 2.93 bits per heavy atom. The first-order valence-corrected chi connectivity index (χ1v) is 8.54. The van der Waals surface area contributed by atoms with Crippen LogP contribution in [0.2, 0.25) is 0 Å². The van der Waals surface area contributed by atoms with Crippen molar-refractivity contribution in [1.82, 2.24) is 4.98 Å². The Hall–Kier alpha value is -3.48. The molecule has 138 valence electrons. The van der Waals surface area contributed by atoms with Gasteiger partial charge < -0.3 is 24.6 Å². The van der Waals surface area contributed by atoms with Crippen LogP contribution in [-0.2, 0) is 9.63 Å². The molecule has 0 atom stereocenters. The van der Waals surface area contributed by atoms with Gasteiger partial charge in [0.05, 0.1) is 5.71 Å². The average Bonchev–Trinajstić information content (AvgIpc) is 3.25. The maximum atomic E-state index is 12.1. The van der Waals surface area contributed by atoms with Crippen LogP contribution >= 0.6 is 0 Å². The van der Waals surface area contributed by atoms with E-state index in [1.165, 1.54) is 0 Å². The number of carbonyl (C=O) groups excluding carboxylic acids is 1. The topological polar surface area (TPSA) is 84.9 Å². The summed E-state index contributed by atoms with van der Waals surface area (Å²) >= 11 is 0. The zero-order valence-electron chi connectivity index (χ0n) is 15.0. The Labute approximate surface area is 155 Å². The lowest BCUT2D eigenvalue weighted by Crippen LogP contribution is -2.17. The van der Waals surface area contributed by atoms with E-state index in [1.807, 2.05) is 49.4 Å². The maximum absolute atomic E-state index is 12.1. The molecule has 0 fully saturated rings. The van der Waals surface area contributed by atoms with Crippen LogP contribution < -0.4 is 14.8 Å². The van der Waals surface area contributed by atoms with Crippen LogP contribution in [0.4, 0.5) is 5.69 Å². The van der Waals surface area contributed by atoms with Gasteiger partial charge in [0.25, 0.3) is 5.91 Å². The van der Waals surface area contributed by atoms with Crippen molar-refractivity contribution in [2.45, 2.75) is 13.8 Å². The number of fused-ring (bicyclic) bond motifs is 2. The van der Waals surface area contributed by atoms with E-state index >= 15 is 0 Å². The second-order valence-electron chi connectivity index (χ2n) is 6.32. The van der Waals surface area contributed by atoms with E-state index in [-0.39, 0.29) is 19.3 Å². The first-order valence-electron chi connectivity index (χ1n) is 8.54. The van der Waals surface area contributed by atoms with Gasteiger partial charge in [0.2, 0.25) is 6.79 Å². The van der Waals surface area contributed by atoms with Crippen LogP contribution in [0, 0.1) is 6.92 Å². The van der Waals surface area contributed by atoms with Crippen LogP contribution in [0.15, 0.2) is 47.6 Å².